The first-order chi connectivity index (χ1) is 10.2. The Labute approximate surface area is 190 Å². The first kappa shape index (κ1) is 25.2. The Bertz CT molecular complexity index is 1140. The summed E-state index contributed by atoms with van der Waals surface area (Å²) in [5, 5.41) is 8.73. The van der Waals surface area contributed by atoms with Crippen molar-refractivity contribution in [2.24, 2.45) is 0 Å². The van der Waals surface area contributed by atoms with Gasteiger partial charge in [-0.2, -0.15) is 25.3 Å². The topological polar surface area (TPSA) is 183 Å². The van der Waals surface area contributed by atoms with Gasteiger partial charge in [0.25, 0.3) is 30.4 Å². The van der Waals surface area contributed by atoms with Crippen LogP contribution in [0.2, 0.25) is 0 Å². The molecule has 4 N–H and O–H groups in total. The van der Waals surface area contributed by atoms with Crippen LogP contribution in [0.5, 0.6) is 5.75 Å². The SMILES string of the molecule is O=S(=O)(O)c1cc(O)c2c(S(=O)(=O)O)cc(S(=O)(=O)O)cc2c1.[H-].[H-].[Na+].[Na+]. The van der Waals surface area contributed by atoms with Crippen LogP contribution in [0, 0.1) is 0 Å². The molecule has 2 aromatic rings. The Hall–Kier alpha value is 0.230. The zero-order chi connectivity index (χ0) is 17.8. The molecule has 0 atom stereocenters. The number of aromatic hydroxyl groups is 1. The standard InChI is InChI=1S/C10H8O10S3.2Na.2H/c11-8-3-6(21(12,13)14)1-5-2-7(22(15,16)17)4-9(10(5)8)23(18,19)20;;;;/h1-4,11H,(H,12,13,14)(H,15,16,17)(H,18,19,20);;;;/q;2*+1;2*-1. The molecule has 0 saturated heterocycles. The second-order valence-corrected chi connectivity index (χ2v) is 8.62. The van der Waals surface area contributed by atoms with Crippen molar-refractivity contribution >= 4 is 41.1 Å². The first-order valence-corrected chi connectivity index (χ1v) is 9.76. The van der Waals surface area contributed by atoms with Gasteiger partial charge in [-0.3, -0.25) is 13.7 Å². The van der Waals surface area contributed by atoms with Crippen molar-refractivity contribution < 1.29 is 106 Å². The number of phenols is 1. The number of benzene rings is 2. The molecular formula is C10H10Na2O10S3. The largest absolute Gasteiger partial charge is 1.00 e. The summed E-state index contributed by atoms with van der Waals surface area (Å²) in [4.78, 5) is -2.89. The third-order valence-corrected chi connectivity index (χ3v) is 5.35. The number of phenolic OH excluding ortho intramolecular Hbond substituents is 1. The fraction of sp³-hybridized carbons (Fsp3) is 0. The van der Waals surface area contributed by atoms with E-state index in [1.165, 1.54) is 0 Å². The van der Waals surface area contributed by atoms with Crippen LogP contribution < -0.4 is 59.1 Å². The minimum Gasteiger partial charge on any atom is -1.00 e. The van der Waals surface area contributed by atoms with Crippen LogP contribution in [0.3, 0.4) is 0 Å². The van der Waals surface area contributed by atoms with Crippen molar-refractivity contribution in [1.29, 1.82) is 0 Å². The monoisotopic (exact) mass is 432 g/mol. The Morgan fingerprint density at radius 1 is 0.680 bits per heavy atom. The van der Waals surface area contributed by atoms with Crippen LogP contribution in [0.25, 0.3) is 10.8 Å². The summed E-state index contributed by atoms with van der Waals surface area (Å²) < 4.78 is 94.4. The van der Waals surface area contributed by atoms with Gasteiger partial charge in [0.2, 0.25) is 0 Å². The van der Waals surface area contributed by atoms with E-state index in [1.54, 1.807) is 0 Å². The van der Waals surface area contributed by atoms with Gasteiger partial charge in [-0.05, 0) is 23.6 Å². The van der Waals surface area contributed by atoms with Crippen LogP contribution in [0.15, 0.2) is 39.0 Å². The maximum absolute atomic E-state index is 11.4. The van der Waals surface area contributed by atoms with Gasteiger partial charge in [-0.15, -0.1) is 0 Å². The molecule has 25 heavy (non-hydrogen) atoms. The van der Waals surface area contributed by atoms with Crippen molar-refractivity contribution in [2.75, 3.05) is 0 Å². The van der Waals surface area contributed by atoms with E-state index in [1.807, 2.05) is 0 Å². The summed E-state index contributed by atoms with van der Waals surface area (Å²) in [5.41, 5.74) is 0. The molecule has 130 valence electrons. The van der Waals surface area contributed by atoms with Gasteiger partial charge in [0.1, 0.15) is 10.6 Å². The quantitative estimate of drug-likeness (QED) is 0.270. The average Bonchev–Trinajstić information content (AvgIpc) is 2.33. The normalized spacial score (nSPS) is 12.3. The molecule has 15 heteroatoms. The van der Waals surface area contributed by atoms with Gasteiger partial charge in [0, 0.05) is 11.5 Å². The van der Waals surface area contributed by atoms with Gasteiger partial charge in [0.05, 0.1) is 9.79 Å². The van der Waals surface area contributed by atoms with Gasteiger partial charge >= 0.3 is 59.1 Å². The minimum absolute atomic E-state index is 0. The van der Waals surface area contributed by atoms with E-state index in [0.29, 0.717) is 24.3 Å². The molecule has 0 bridgehead atoms. The van der Waals surface area contributed by atoms with Crippen molar-refractivity contribution in [1.82, 2.24) is 0 Å². The van der Waals surface area contributed by atoms with Crippen LogP contribution in [0.4, 0.5) is 0 Å². The van der Waals surface area contributed by atoms with Crippen LogP contribution >= 0.6 is 0 Å². The summed E-state index contributed by atoms with van der Waals surface area (Å²) in [6, 6.07) is 2.22. The third kappa shape index (κ3) is 5.60. The molecule has 0 fully saturated rings. The second kappa shape index (κ2) is 8.08. The molecule has 0 aliphatic heterocycles. The molecule has 0 radical (unpaired) electrons. The van der Waals surface area contributed by atoms with E-state index in [9.17, 15) is 30.4 Å². The molecule has 2 aromatic carbocycles. The molecule has 0 amide bonds. The zero-order valence-electron chi connectivity index (χ0n) is 14.8. The molecule has 10 nitrogen and oxygen atoms in total. The van der Waals surface area contributed by atoms with E-state index in [-0.39, 0.29) is 62.0 Å². The van der Waals surface area contributed by atoms with Crippen molar-refractivity contribution in [3.8, 4) is 5.75 Å². The Morgan fingerprint density at radius 2 is 1.08 bits per heavy atom. The summed E-state index contributed by atoms with van der Waals surface area (Å²) in [7, 11) is -14.7. The smallest absolute Gasteiger partial charge is 1.00 e. The van der Waals surface area contributed by atoms with Crippen LogP contribution in [-0.4, -0.2) is 44.0 Å². The molecule has 0 heterocycles. The fourth-order valence-corrected chi connectivity index (χ4v) is 3.81. The summed E-state index contributed by atoms with van der Waals surface area (Å²) in [6.45, 7) is 0. The Kier molecular flexibility index (Phi) is 8.15. The van der Waals surface area contributed by atoms with E-state index in [2.05, 4.69) is 0 Å². The molecule has 0 aliphatic rings. The van der Waals surface area contributed by atoms with Gasteiger partial charge < -0.3 is 7.96 Å². The average molecular weight is 432 g/mol. The van der Waals surface area contributed by atoms with Crippen LogP contribution in [0.1, 0.15) is 2.85 Å². The fourth-order valence-electron chi connectivity index (χ4n) is 1.90. The summed E-state index contributed by atoms with van der Waals surface area (Å²) in [6.07, 6.45) is 0. The maximum atomic E-state index is 11.4. The second-order valence-electron chi connectivity index (χ2n) is 4.39. The van der Waals surface area contributed by atoms with Crippen molar-refractivity contribution in [3.63, 3.8) is 0 Å². The van der Waals surface area contributed by atoms with Crippen molar-refractivity contribution in [3.05, 3.63) is 24.3 Å². The van der Waals surface area contributed by atoms with E-state index >= 15 is 0 Å². The molecule has 0 unspecified atom stereocenters. The maximum Gasteiger partial charge on any atom is 1.00 e. The van der Waals surface area contributed by atoms with Crippen LogP contribution in [-0.2, 0) is 30.4 Å². The van der Waals surface area contributed by atoms with E-state index in [0.717, 1.165) is 0 Å². The molecule has 0 aliphatic carbocycles. The van der Waals surface area contributed by atoms with Gasteiger partial charge in [-0.25, -0.2) is 0 Å². The third-order valence-electron chi connectivity index (χ3n) is 2.81. The molecule has 0 saturated carbocycles. The number of rotatable bonds is 3. The molecule has 0 spiro atoms. The number of fused-ring (bicyclic) bond motifs is 1. The molecule has 2 rings (SSSR count). The van der Waals surface area contributed by atoms with Gasteiger partial charge in [-0.1, -0.05) is 0 Å². The number of hydrogen-bond acceptors (Lipinski definition) is 7. The Morgan fingerprint density at radius 3 is 1.44 bits per heavy atom. The molecule has 0 aromatic heterocycles. The first-order valence-electron chi connectivity index (χ1n) is 5.44. The Balaban J connectivity index is -0.00000144. The summed E-state index contributed by atoms with van der Waals surface area (Å²) in [5.74, 6) is -0.954. The minimum atomic E-state index is -5.03. The van der Waals surface area contributed by atoms with E-state index < -0.39 is 61.6 Å². The predicted molar refractivity (Wildman–Crippen MR) is 77.3 cm³/mol. The zero-order valence-corrected chi connectivity index (χ0v) is 19.2. The summed E-state index contributed by atoms with van der Waals surface area (Å²) >= 11 is 0. The predicted octanol–water partition coefficient (Wildman–Crippen LogP) is -5.48. The number of hydrogen-bond donors (Lipinski definition) is 4. The van der Waals surface area contributed by atoms with Crippen molar-refractivity contribution in [2.45, 2.75) is 14.7 Å². The van der Waals surface area contributed by atoms with E-state index in [4.69, 9.17) is 13.7 Å². The molecular weight excluding hydrogens is 422 g/mol. The van der Waals surface area contributed by atoms with Gasteiger partial charge in [0.15, 0.2) is 0 Å².